The normalized spacial score (nSPS) is 14.9. The van der Waals surface area contributed by atoms with Gasteiger partial charge in [-0.3, -0.25) is 10.1 Å². The second-order valence-corrected chi connectivity index (χ2v) is 7.16. The lowest BCUT2D eigenvalue weighted by molar-refractivity contribution is -0.135. The Labute approximate surface area is 162 Å². The highest BCUT2D eigenvalue weighted by Gasteiger charge is 2.26. The van der Waals surface area contributed by atoms with Gasteiger partial charge in [0.1, 0.15) is 5.82 Å². The van der Waals surface area contributed by atoms with Crippen molar-refractivity contribution in [2.24, 2.45) is 5.92 Å². The molecule has 1 saturated heterocycles. The molecule has 150 valence electrons. The Kier molecular flexibility index (Phi) is 6.28. The predicted molar refractivity (Wildman–Crippen MR) is 100 cm³/mol. The number of nitrogens with one attached hydrogen (secondary N) is 1. The molecule has 0 spiro atoms. The van der Waals surface area contributed by atoms with Crippen LogP contribution in [0.2, 0.25) is 0 Å². The molecule has 2 aromatic rings. The van der Waals surface area contributed by atoms with Gasteiger partial charge in [-0.25, -0.2) is 14.2 Å². The van der Waals surface area contributed by atoms with Gasteiger partial charge in [0, 0.05) is 24.7 Å². The Hall–Kier alpha value is -2.90. The Balaban J connectivity index is 1.54. The fourth-order valence-corrected chi connectivity index (χ4v) is 3.32. The minimum atomic E-state index is -0.705. The number of oxazole rings is 1. The van der Waals surface area contributed by atoms with Crippen molar-refractivity contribution in [3.8, 4) is 0 Å². The Morgan fingerprint density at radius 1 is 1.36 bits per heavy atom. The van der Waals surface area contributed by atoms with Crippen LogP contribution in [-0.2, 0) is 16.1 Å². The van der Waals surface area contributed by atoms with Gasteiger partial charge < -0.3 is 14.1 Å². The average molecular weight is 389 g/mol. The van der Waals surface area contributed by atoms with Crippen molar-refractivity contribution < 1.29 is 23.1 Å². The number of nitrogens with zero attached hydrogens (tertiary/aromatic N) is 2. The Morgan fingerprint density at radius 2 is 2.11 bits per heavy atom. The van der Waals surface area contributed by atoms with Crippen LogP contribution in [0.3, 0.4) is 0 Å². The van der Waals surface area contributed by atoms with Crippen LogP contribution in [-0.4, -0.2) is 35.0 Å². The van der Waals surface area contributed by atoms with Gasteiger partial charge >= 0.3 is 6.09 Å². The van der Waals surface area contributed by atoms with Crippen LogP contribution in [0, 0.1) is 11.7 Å². The van der Waals surface area contributed by atoms with Gasteiger partial charge in [-0.2, -0.15) is 0 Å². The summed E-state index contributed by atoms with van der Waals surface area (Å²) in [6, 6.07) is 4.63. The van der Waals surface area contributed by atoms with Gasteiger partial charge in [-0.05, 0) is 36.5 Å². The van der Waals surface area contributed by atoms with Gasteiger partial charge in [0.25, 0.3) is 0 Å². The summed E-state index contributed by atoms with van der Waals surface area (Å²) in [5.41, 5.74) is 0.925. The first-order valence-electron chi connectivity index (χ1n) is 9.33. The maximum atomic E-state index is 14.6. The maximum Gasteiger partial charge on any atom is 0.412 e. The zero-order valence-electron chi connectivity index (χ0n) is 16.0. The van der Waals surface area contributed by atoms with Crippen LogP contribution < -0.4 is 5.32 Å². The summed E-state index contributed by atoms with van der Waals surface area (Å²) in [6.07, 6.45) is 3.43. The van der Waals surface area contributed by atoms with Gasteiger partial charge in [0.2, 0.25) is 5.91 Å². The minimum absolute atomic E-state index is 0.0255. The summed E-state index contributed by atoms with van der Waals surface area (Å²) in [5, 5.41) is 2.49. The van der Waals surface area contributed by atoms with E-state index in [9.17, 15) is 14.0 Å². The van der Waals surface area contributed by atoms with Crippen LogP contribution >= 0.6 is 0 Å². The molecule has 3 rings (SSSR count). The van der Waals surface area contributed by atoms with Crippen molar-refractivity contribution in [3.05, 3.63) is 47.9 Å². The molecule has 0 radical (unpaired) electrons. The third kappa shape index (κ3) is 4.88. The number of carbonyl (C=O) groups excluding carboxylic acids is 2. The van der Waals surface area contributed by atoms with E-state index in [-0.39, 0.29) is 30.2 Å². The van der Waals surface area contributed by atoms with E-state index >= 15 is 0 Å². The number of hydrogen-bond donors (Lipinski definition) is 1. The lowest BCUT2D eigenvalue weighted by atomic mass is 9.88. The fourth-order valence-electron chi connectivity index (χ4n) is 3.32. The molecule has 7 nitrogen and oxygen atoms in total. The quantitative estimate of drug-likeness (QED) is 0.838. The molecule has 0 unspecified atom stereocenters. The molecule has 0 atom stereocenters. The van der Waals surface area contributed by atoms with Gasteiger partial charge in [0.05, 0.1) is 6.20 Å². The van der Waals surface area contributed by atoms with Crippen molar-refractivity contribution in [2.45, 2.75) is 39.2 Å². The van der Waals surface area contributed by atoms with Crippen LogP contribution in [0.1, 0.15) is 43.9 Å². The van der Waals surface area contributed by atoms with Crippen LogP contribution in [0.15, 0.2) is 35.2 Å². The molecule has 8 heteroatoms. The summed E-state index contributed by atoms with van der Waals surface area (Å²) in [6.45, 7) is 4.98. The number of rotatable bonds is 5. The molecule has 0 aliphatic carbocycles. The highest BCUT2D eigenvalue weighted by molar-refractivity contribution is 5.84. The van der Waals surface area contributed by atoms with E-state index in [1.165, 1.54) is 18.7 Å². The molecule has 2 amide bonds. The van der Waals surface area contributed by atoms with Crippen LogP contribution in [0.5, 0.6) is 0 Å². The standard InChI is InChI=1S/C20H24FN3O4/c1-13(2)19(25)24-7-5-14(6-8-24)17-4-3-15(9-18(17)21)23-20(26)27-11-16-10-22-12-28-16/h3-4,9-10,12-14H,5-8,11H2,1-2H3,(H,23,26). The van der Waals surface area contributed by atoms with E-state index in [2.05, 4.69) is 10.3 Å². The minimum Gasteiger partial charge on any atom is -0.445 e. The number of ether oxygens (including phenoxy) is 1. The van der Waals surface area contributed by atoms with E-state index < -0.39 is 6.09 Å². The van der Waals surface area contributed by atoms with Crippen molar-refractivity contribution in [1.82, 2.24) is 9.88 Å². The Morgan fingerprint density at radius 3 is 2.71 bits per heavy atom. The topological polar surface area (TPSA) is 84.7 Å². The van der Waals surface area contributed by atoms with Crippen molar-refractivity contribution >= 4 is 17.7 Å². The van der Waals surface area contributed by atoms with Gasteiger partial charge in [-0.15, -0.1) is 0 Å². The fraction of sp³-hybridized carbons (Fsp3) is 0.450. The first-order chi connectivity index (χ1) is 13.4. The van der Waals surface area contributed by atoms with Crippen molar-refractivity contribution in [3.63, 3.8) is 0 Å². The SMILES string of the molecule is CC(C)C(=O)N1CCC(c2ccc(NC(=O)OCc3cnco3)cc2F)CC1. The molecular formula is C20H24FN3O4. The zero-order valence-corrected chi connectivity index (χ0v) is 16.0. The number of anilines is 1. The summed E-state index contributed by atoms with van der Waals surface area (Å²) >= 11 is 0. The third-order valence-corrected chi connectivity index (χ3v) is 4.82. The lowest BCUT2D eigenvalue weighted by Gasteiger charge is -2.33. The Bertz CT molecular complexity index is 815. The van der Waals surface area contributed by atoms with E-state index in [1.807, 2.05) is 18.7 Å². The molecule has 28 heavy (non-hydrogen) atoms. The predicted octanol–water partition coefficient (Wildman–Crippen LogP) is 3.92. The molecule has 1 N–H and O–H groups in total. The van der Waals surface area contributed by atoms with Gasteiger partial charge in [0.15, 0.2) is 18.8 Å². The maximum absolute atomic E-state index is 14.6. The van der Waals surface area contributed by atoms with Crippen molar-refractivity contribution in [1.29, 1.82) is 0 Å². The molecule has 1 aromatic heterocycles. The second-order valence-electron chi connectivity index (χ2n) is 7.16. The summed E-state index contributed by atoms with van der Waals surface area (Å²) in [5.74, 6) is 0.217. The van der Waals surface area contributed by atoms with Crippen LogP contribution in [0.25, 0.3) is 0 Å². The summed E-state index contributed by atoms with van der Waals surface area (Å²) < 4.78 is 24.5. The number of piperidine rings is 1. The molecule has 0 bridgehead atoms. The second kappa shape index (κ2) is 8.86. The van der Waals surface area contributed by atoms with E-state index in [0.29, 0.717) is 30.1 Å². The monoisotopic (exact) mass is 389 g/mol. The molecular weight excluding hydrogens is 365 g/mol. The molecule has 1 aliphatic rings. The molecule has 1 fully saturated rings. The molecule has 0 saturated carbocycles. The molecule has 1 aliphatic heterocycles. The number of halogens is 1. The van der Waals surface area contributed by atoms with Crippen molar-refractivity contribution in [2.75, 3.05) is 18.4 Å². The largest absolute Gasteiger partial charge is 0.445 e. The lowest BCUT2D eigenvalue weighted by Crippen LogP contribution is -2.40. The summed E-state index contributed by atoms with van der Waals surface area (Å²) in [7, 11) is 0. The summed E-state index contributed by atoms with van der Waals surface area (Å²) in [4.78, 5) is 29.4. The smallest absolute Gasteiger partial charge is 0.412 e. The number of amides is 2. The zero-order chi connectivity index (χ0) is 20.1. The molecule has 2 heterocycles. The van der Waals surface area contributed by atoms with Crippen LogP contribution in [0.4, 0.5) is 14.9 Å². The highest BCUT2D eigenvalue weighted by atomic mass is 19.1. The number of aromatic nitrogens is 1. The first kappa shape index (κ1) is 19.9. The third-order valence-electron chi connectivity index (χ3n) is 4.82. The number of carbonyl (C=O) groups is 2. The average Bonchev–Trinajstić information content (AvgIpc) is 3.20. The van der Waals surface area contributed by atoms with E-state index in [1.54, 1.807) is 12.1 Å². The number of benzene rings is 1. The highest BCUT2D eigenvalue weighted by Crippen LogP contribution is 2.31. The van der Waals surface area contributed by atoms with E-state index in [4.69, 9.17) is 9.15 Å². The van der Waals surface area contributed by atoms with Gasteiger partial charge in [-0.1, -0.05) is 19.9 Å². The van der Waals surface area contributed by atoms with E-state index in [0.717, 1.165) is 12.8 Å². The molecule has 1 aromatic carbocycles. The first-order valence-corrected chi connectivity index (χ1v) is 9.33. The number of likely N-dealkylation sites (tertiary alicyclic amines) is 1. The number of hydrogen-bond acceptors (Lipinski definition) is 5.